The molecule has 0 aliphatic carbocycles. The number of ether oxygens (including phenoxy) is 4. The van der Waals surface area contributed by atoms with Crippen LogP contribution in [0.1, 0.15) is 25.0 Å². The highest BCUT2D eigenvalue weighted by molar-refractivity contribution is 5.41. The van der Waals surface area contributed by atoms with Crippen LogP contribution in [-0.4, -0.2) is 50.3 Å². The summed E-state index contributed by atoms with van der Waals surface area (Å²) < 4.78 is 21.8. The van der Waals surface area contributed by atoms with Crippen molar-refractivity contribution in [1.82, 2.24) is 0 Å². The zero-order valence-corrected chi connectivity index (χ0v) is 17.2. The highest BCUT2D eigenvalue weighted by Crippen LogP contribution is 2.33. The minimum Gasteiger partial charge on any atom is -0.491 e. The molecule has 2 aromatic carbocycles. The second-order valence-corrected chi connectivity index (χ2v) is 7.73. The van der Waals surface area contributed by atoms with Gasteiger partial charge in [-0.1, -0.05) is 44.2 Å². The molecule has 0 aromatic heterocycles. The number of aliphatic hydroxyl groups is 1. The number of hydrogen-bond acceptors (Lipinski definition) is 5. The van der Waals surface area contributed by atoms with Crippen LogP contribution in [-0.2, 0) is 14.9 Å². The Labute approximate surface area is 172 Å². The molecule has 0 amide bonds. The van der Waals surface area contributed by atoms with Crippen LogP contribution in [0.2, 0.25) is 0 Å². The van der Waals surface area contributed by atoms with Crippen LogP contribution in [0.5, 0.6) is 11.5 Å². The van der Waals surface area contributed by atoms with E-state index in [-0.39, 0.29) is 24.7 Å². The zero-order valence-electron chi connectivity index (χ0n) is 17.2. The molecule has 5 nitrogen and oxygen atoms in total. The van der Waals surface area contributed by atoms with E-state index in [4.69, 9.17) is 18.9 Å². The van der Waals surface area contributed by atoms with E-state index < -0.39 is 6.10 Å². The summed E-state index contributed by atoms with van der Waals surface area (Å²) in [5.41, 5.74) is 2.23. The molecule has 1 N–H and O–H groups in total. The molecule has 1 fully saturated rings. The SMILES string of the molecule is C=CCOCC(O)COc1ccc(C(C)(C)c2ccc(OCC3CO3)cc2)cc1. The van der Waals surface area contributed by atoms with Crippen LogP contribution >= 0.6 is 0 Å². The molecule has 3 rings (SSSR count). The molecule has 0 radical (unpaired) electrons. The Balaban J connectivity index is 1.55. The molecule has 1 aliphatic heterocycles. The monoisotopic (exact) mass is 398 g/mol. The molecule has 156 valence electrons. The van der Waals surface area contributed by atoms with Gasteiger partial charge in [0.05, 0.1) is 19.8 Å². The number of rotatable bonds is 12. The maximum absolute atomic E-state index is 9.86. The van der Waals surface area contributed by atoms with E-state index in [1.165, 1.54) is 11.1 Å². The standard InChI is InChI=1S/C24H30O5/c1-4-13-26-14-20(25)15-27-21-9-5-18(6-10-21)24(2,3)19-7-11-22(12-8-19)28-16-23-17-29-23/h4-12,20,23,25H,1,13-17H2,2-3H3. The Bertz CT molecular complexity index is 763. The van der Waals surface area contributed by atoms with Gasteiger partial charge in [0.15, 0.2) is 0 Å². The van der Waals surface area contributed by atoms with Gasteiger partial charge in [0.1, 0.15) is 36.9 Å². The number of hydrogen-bond donors (Lipinski definition) is 1. The van der Waals surface area contributed by atoms with Gasteiger partial charge >= 0.3 is 0 Å². The molecule has 0 saturated carbocycles. The minimum atomic E-state index is -0.668. The summed E-state index contributed by atoms with van der Waals surface area (Å²) >= 11 is 0. The van der Waals surface area contributed by atoms with Gasteiger partial charge in [-0.05, 0) is 35.4 Å². The smallest absolute Gasteiger partial charge is 0.119 e. The van der Waals surface area contributed by atoms with E-state index >= 15 is 0 Å². The number of benzene rings is 2. The molecular formula is C24H30O5. The molecule has 2 unspecified atom stereocenters. The van der Waals surface area contributed by atoms with Crippen molar-refractivity contribution < 1.29 is 24.1 Å². The number of epoxide rings is 1. The Kier molecular flexibility index (Phi) is 7.31. The van der Waals surface area contributed by atoms with E-state index in [9.17, 15) is 5.11 Å². The normalized spacial score (nSPS) is 16.9. The molecule has 1 saturated heterocycles. The predicted octanol–water partition coefficient (Wildman–Crippen LogP) is 3.73. The average Bonchev–Trinajstić information content (AvgIpc) is 3.56. The van der Waals surface area contributed by atoms with Crippen molar-refractivity contribution in [2.24, 2.45) is 0 Å². The Morgan fingerprint density at radius 3 is 2.10 bits per heavy atom. The number of aliphatic hydroxyl groups excluding tert-OH is 1. The summed E-state index contributed by atoms with van der Waals surface area (Å²) in [4.78, 5) is 0. The van der Waals surface area contributed by atoms with Gasteiger partial charge in [-0.15, -0.1) is 6.58 Å². The first-order valence-corrected chi connectivity index (χ1v) is 9.94. The molecule has 2 aromatic rings. The third-order valence-electron chi connectivity index (χ3n) is 4.98. The van der Waals surface area contributed by atoms with Crippen molar-refractivity contribution in [1.29, 1.82) is 0 Å². The molecule has 0 bridgehead atoms. The summed E-state index contributed by atoms with van der Waals surface area (Å²) in [5, 5.41) is 9.86. The van der Waals surface area contributed by atoms with Crippen molar-refractivity contribution in [2.75, 3.05) is 33.0 Å². The first-order chi connectivity index (χ1) is 14.0. The first kappa shape index (κ1) is 21.4. The summed E-state index contributed by atoms with van der Waals surface area (Å²) in [5.74, 6) is 1.58. The van der Waals surface area contributed by atoms with Crippen molar-refractivity contribution >= 4 is 0 Å². The largest absolute Gasteiger partial charge is 0.491 e. The van der Waals surface area contributed by atoms with Gasteiger partial charge in [-0.25, -0.2) is 0 Å². The lowest BCUT2D eigenvalue weighted by molar-refractivity contribution is 0.0214. The van der Waals surface area contributed by atoms with Gasteiger partial charge in [0.25, 0.3) is 0 Å². The topological polar surface area (TPSA) is 60.5 Å². The van der Waals surface area contributed by atoms with Gasteiger partial charge in [-0.3, -0.25) is 0 Å². The Hall–Kier alpha value is -2.34. The Morgan fingerprint density at radius 1 is 1.03 bits per heavy atom. The Morgan fingerprint density at radius 2 is 1.59 bits per heavy atom. The molecule has 0 spiro atoms. The maximum atomic E-state index is 9.86. The summed E-state index contributed by atoms with van der Waals surface area (Å²) in [7, 11) is 0. The van der Waals surface area contributed by atoms with Crippen molar-refractivity contribution in [3.8, 4) is 11.5 Å². The third kappa shape index (κ3) is 6.32. The van der Waals surface area contributed by atoms with Gasteiger partial charge in [0.2, 0.25) is 0 Å². The summed E-state index contributed by atoms with van der Waals surface area (Å²) in [6.45, 7) is 10.2. The van der Waals surface area contributed by atoms with E-state index in [1.807, 2.05) is 24.3 Å². The highest BCUT2D eigenvalue weighted by Gasteiger charge is 2.24. The second kappa shape index (κ2) is 9.92. The van der Waals surface area contributed by atoms with E-state index in [0.29, 0.717) is 13.2 Å². The average molecular weight is 398 g/mol. The minimum absolute atomic E-state index is 0.158. The van der Waals surface area contributed by atoms with Crippen LogP contribution in [0.15, 0.2) is 61.2 Å². The second-order valence-electron chi connectivity index (χ2n) is 7.73. The maximum Gasteiger partial charge on any atom is 0.119 e. The lowest BCUT2D eigenvalue weighted by atomic mass is 9.78. The van der Waals surface area contributed by atoms with E-state index in [1.54, 1.807) is 6.08 Å². The quantitative estimate of drug-likeness (QED) is 0.335. The van der Waals surface area contributed by atoms with Gasteiger partial charge in [-0.2, -0.15) is 0 Å². The van der Waals surface area contributed by atoms with Crippen LogP contribution < -0.4 is 9.47 Å². The molecule has 29 heavy (non-hydrogen) atoms. The van der Waals surface area contributed by atoms with Crippen LogP contribution in [0, 0.1) is 0 Å². The van der Waals surface area contributed by atoms with Gasteiger partial charge < -0.3 is 24.1 Å². The summed E-state index contributed by atoms with van der Waals surface area (Å²) in [6.07, 6.45) is 1.24. The lowest BCUT2D eigenvalue weighted by Crippen LogP contribution is -2.23. The molecule has 2 atom stereocenters. The first-order valence-electron chi connectivity index (χ1n) is 9.94. The third-order valence-corrected chi connectivity index (χ3v) is 4.98. The molecular weight excluding hydrogens is 368 g/mol. The fourth-order valence-electron chi connectivity index (χ4n) is 2.98. The van der Waals surface area contributed by atoms with Gasteiger partial charge in [0, 0.05) is 5.41 Å². The molecule has 5 heteroatoms. The highest BCUT2D eigenvalue weighted by atomic mass is 16.6. The molecule has 1 aliphatic rings. The van der Waals surface area contributed by atoms with E-state index in [2.05, 4.69) is 44.7 Å². The van der Waals surface area contributed by atoms with E-state index in [0.717, 1.165) is 18.1 Å². The van der Waals surface area contributed by atoms with Crippen molar-refractivity contribution in [2.45, 2.75) is 31.5 Å². The van der Waals surface area contributed by atoms with Crippen LogP contribution in [0.25, 0.3) is 0 Å². The lowest BCUT2D eigenvalue weighted by Gasteiger charge is -2.26. The summed E-state index contributed by atoms with van der Waals surface area (Å²) in [6, 6.07) is 16.2. The van der Waals surface area contributed by atoms with Crippen LogP contribution in [0.4, 0.5) is 0 Å². The zero-order chi connectivity index (χ0) is 20.7. The van der Waals surface area contributed by atoms with Crippen molar-refractivity contribution in [3.63, 3.8) is 0 Å². The molecule has 1 heterocycles. The fraction of sp³-hybridized carbons (Fsp3) is 0.417. The fourth-order valence-corrected chi connectivity index (χ4v) is 2.98. The van der Waals surface area contributed by atoms with Crippen molar-refractivity contribution in [3.05, 3.63) is 72.3 Å². The van der Waals surface area contributed by atoms with Crippen LogP contribution in [0.3, 0.4) is 0 Å². The predicted molar refractivity (Wildman–Crippen MR) is 113 cm³/mol.